The second-order valence-electron chi connectivity index (χ2n) is 3.73. The minimum atomic E-state index is -0.468. The van der Waals surface area contributed by atoms with Crippen molar-refractivity contribution in [2.24, 2.45) is 0 Å². The summed E-state index contributed by atoms with van der Waals surface area (Å²) in [6, 6.07) is 13.2. The van der Waals surface area contributed by atoms with Gasteiger partial charge in [-0.25, -0.2) is 0 Å². The molecular weight excluding hydrogens is 246 g/mol. The number of hydrogen-bond acceptors (Lipinski definition) is 4. The van der Waals surface area contributed by atoms with E-state index < -0.39 is 4.92 Å². The number of ether oxygens (including phenoxy) is 2. The number of benzene rings is 2. The second-order valence-corrected chi connectivity index (χ2v) is 3.73. The van der Waals surface area contributed by atoms with Gasteiger partial charge in [-0.3, -0.25) is 10.1 Å². The summed E-state index contributed by atoms with van der Waals surface area (Å²) in [4.78, 5) is 10.4. The molecule has 0 atom stereocenters. The average Bonchev–Trinajstić information content (AvgIpc) is 2.42. The summed E-state index contributed by atoms with van der Waals surface area (Å²) in [6.07, 6.45) is 0. The van der Waals surface area contributed by atoms with Crippen LogP contribution >= 0.6 is 0 Å². The van der Waals surface area contributed by atoms with Crippen LogP contribution in [0.1, 0.15) is 6.92 Å². The molecule has 0 saturated carbocycles. The lowest BCUT2D eigenvalue weighted by Crippen LogP contribution is -1.93. The molecule has 0 bridgehead atoms. The van der Waals surface area contributed by atoms with Crippen LogP contribution in [0, 0.1) is 10.1 Å². The fraction of sp³-hybridized carbons (Fsp3) is 0.143. The number of nitrogens with zero attached hydrogens (tertiary/aromatic N) is 1. The molecule has 19 heavy (non-hydrogen) atoms. The van der Waals surface area contributed by atoms with Crippen molar-refractivity contribution < 1.29 is 14.4 Å². The molecule has 0 fully saturated rings. The molecule has 0 N–H and O–H groups in total. The summed E-state index contributed by atoms with van der Waals surface area (Å²) in [5.41, 5.74) is -0.0589. The summed E-state index contributed by atoms with van der Waals surface area (Å²) in [5.74, 6) is 1.48. The Morgan fingerprint density at radius 2 is 1.68 bits per heavy atom. The van der Waals surface area contributed by atoms with Crippen molar-refractivity contribution in [3.63, 3.8) is 0 Å². The normalized spacial score (nSPS) is 9.95. The summed E-state index contributed by atoms with van der Waals surface area (Å²) in [5, 5.41) is 10.9. The number of para-hydroxylation sites is 2. The van der Waals surface area contributed by atoms with Crippen molar-refractivity contribution in [3.8, 4) is 17.2 Å². The van der Waals surface area contributed by atoms with Gasteiger partial charge < -0.3 is 9.47 Å². The minimum Gasteiger partial charge on any atom is -0.494 e. The van der Waals surface area contributed by atoms with Crippen molar-refractivity contribution in [2.45, 2.75) is 6.92 Å². The molecule has 0 aliphatic carbocycles. The highest BCUT2D eigenvalue weighted by molar-refractivity contribution is 5.48. The summed E-state index contributed by atoms with van der Waals surface area (Å²) < 4.78 is 10.8. The Bertz CT molecular complexity index is 566. The molecule has 2 aromatic rings. The quantitative estimate of drug-likeness (QED) is 0.605. The minimum absolute atomic E-state index is 0.0589. The molecule has 2 rings (SSSR count). The predicted octanol–water partition coefficient (Wildman–Crippen LogP) is 3.79. The molecule has 5 nitrogen and oxygen atoms in total. The first-order valence-electron chi connectivity index (χ1n) is 5.85. The van der Waals surface area contributed by atoms with Crippen molar-refractivity contribution in [3.05, 3.63) is 58.6 Å². The molecule has 5 heteroatoms. The fourth-order valence-corrected chi connectivity index (χ4v) is 1.59. The maximum absolute atomic E-state index is 10.9. The van der Waals surface area contributed by atoms with Gasteiger partial charge in [0.2, 0.25) is 5.75 Å². The lowest BCUT2D eigenvalue weighted by atomic mass is 10.3. The Morgan fingerprint density at radius 3 is 2.32 bits per heavy atom. The molecule has 0 aromatic heterocycles. The standard InChI is InChI=1S/C14H13NO4/c1-2-18-11-7-9-12(10-8-11)19-14-6-4-3-5-13(14)15(16)17/h3-10H,2H2,1H3. The Hall–Kier alpha value is -2.56. The van der Waals surface area contributed by atoms with E-state index in [1.807, 2.05) is 6.92 Å². The highest BCUT2D eigenvalue weighted by Gasteiger charge is 2.14. The van der Waals surface area contributed by atoms with E-state index in [4.69, 9.17) is 9.47 Å². The molecule has 0 heterocycles. The van der Waals surface area contributed by atoms with Gasteiger partial charge in [0.15, 0.2) is 0 Å². The van der Waals surface area contributed by atoms with Gasteiger partial charge in [-0.05, 0) is 37.3 Å². The summed E-state index contributed by atoms with van der Waals surface area (Å²) >= 11 is 0. The molecule has 0 amide bonds. The maximum atomic E-state index is 10.9. The SMILES string of the molecule is CCOc1ccc(Oc2ccccc2[N+](=O)[O-])cc1. The van der Waals surface area contributed by atoms with E-state index in [1.165, 1.54) is 6.07 Å². The van der Waals surface area contributed by atoms with E-state index in [-0.39, 0.29) is 11.4 Å². The lowest BCUT2D eigenvalue weighted by molar-refractivity contribution is -0.385. The smallest absolute Gasteiger partial charge is 0.311 e. The third kappa shape index (κ3) is 3.22. The van der Waals surface area contributed by atoms with Crippen LogP contribution in [0.2, 0.25) is 0 Å². The second kappa shape index (κ2) is 5.86. The van der Waals surface area contributed by atoms with Crippen LogP contribution in [0.5, 0.6) is 17.2 Å². The van der Waals surface area contributed by atoms with Gasteiger partial charge in [0.25, 0.3) is 0 Å². The third-order valence-electron chi connectivity index (χ3n) is 2.42. The Labute approximate surface area is 110 Å². The van der Waals surface area contributed by atoms with Gasteiger partial charge in [0.1, 0.15) is 11.5 Å². The Kier molecular flexibility index (Phi) is 3.97. The topological polar surface area (TPSA) is 61.6 Å². The van der Waals surface area contributed by atoms with Crippen molar-refractivity contribution in [1.82, 2.24) is 0 Å². The highest BCUT2D eigenvalue weighted by Crippen LogP contribution is 2.31. The number of rotatable bonds is 5. The number of nitro groups is 1. The first-order chi connectivity index (χ1) is 9.20. The van der Waals surface area contributed by atoms with Gasteiger partial charge in [-0.2, -0.15) is 0 Å². The summed E-state index contributed by atoms with van der Waals surface area (Å²) in [7, 11) is 0. The van der Waals surface area contributed by atoms with E-state index in [2.05, 4.69) is 0 Å². The average molecular weight is 259 g/mol. The lowest BCUT2D eigenvalue weighted by Gasteiger charge is -2.07. The molecule has 0 aliphatic rings. The van der Waals surface area contributed by atoms with Gasteiger partial charge in [-0.1, -0.05) is 12.1 Å². The van der Waals surface area contributed by atoms with E-state index in [0.717, 1.165) is 5.75 Å². The first kappa shape index (κ1) is 12.9. The van der Waals surface area contributed by atoms with Crippen molar-refractivity contribution in [1.29, 1.82) is 0 Å². The van der Waals surface area contributed by atoms with Crippen LogP contribution in [-0.4, -0.2) is 11.5 Å². The zero-order valence-electron chi connectivity index (χ0n) is 10.4. The van der Waals surface area contributed by atoms with E-state index in [1.54, 1.807) is 42.5 Å². The van der Waals surface area contributed by atoms with Gasteiger partial charge in [0, 0.05) is 6.07 Å². The third-order valence-corrected chi connectivity index (χ3v) is 2.42. The van der Waals surface area contributed by atoms with Gasteiger partial charge in [0.05, 0.1) is 11.5 Å². The van der Waals surface area contributed by atoms with Gasteiger partial charge >= 0.3 is 5.69 Å². The first-order valence-corrected chi connectivity index (χ1v) is 5.85. The summed E-state index contributed by atoms with van der Waals surface area (Å²) in [6.45, 7) is 2.49. The molecule has 0 unspecified atom stereocenters. The maximum Gasteiger partial charge on any atom is 0.311 e. The molecule has 0 saturated heterocycles. The number of hydrogen-bond donors (Lipinski definition) is 0. The Morgan fingerprint density at radius 1 is 1.05 bits per heavy atom. The van der Waals surface area contributed by atoms with Crippen LogP contribution < -0.4 is 9.47 Å². The molecular formula is C14H13NO4. The molecule has 0 spiro atoms. The van der Waals surface area contributed by atoms with Crippen LogP contribution in [0.4, 0.5) is 5.69 Å². The van der Waals surface area contributed by atoms with Crippen LogP contribution in [0.25, 0.3) is 0 Å². The van der Waals surface area contributed by atoms with Crippen molar-refractivity contribution in [2.75, 3.05) is 6.61 Å². The highest BCUT2D eigenvalue weighted by atomic mass is 16.6. The van der Waals surface area contributed by atoms with Crippen molar-refractivity contribution >= 4 is 5.69 Å². The van der Waals surface area contributed by atoms with E-state index in [0.29, 0.717) is 12.4 Å². The molecule has 2 aromatic carbocycles. The van der Waals surface area contributed by atoms with E-state index in [9.17, 15) is 10.1 Å². The van der Waals surface area contributed by atoms with E-state index >= 15 is 0 Å². The molecule has 0 radical (unpaired) electrons. The zero-order valence-corrected chi connectivity index (χ0v) is 10.4. The fourth-order valence-electron chi connectivity index (χ4n) is 1.59. The predicted molar refractivity (Wildman–Crippen MR) is 70.8 cm³/mol. The van der Waals surface area contributed by atoms with Crippen LogP contribution in [0.3, 0.4) is 0 Å². The van der Waals surface area contributed by atoms with Crippen LogP contribution in [-0.2, 0) is 0 Å². The number of nitro benzene ring substituents is 1. The molecule has 98 valence electrons. The largest absolute Gasteiger partial charge is 0.494 e. The van der Waals surface area contributed by atoms with Crippen LogP contribution in [0.15, 0.2) is 48.5 Å². The Balaban J connectivity index is 2.19. The monoisotopic (exact) mass is 259 g/mol. The van der Waals surface area contributed by atoms with Gasteiger partial charge in [-0.15, -0.1) is 0 Å². The zero-order chi connectivity index (χ0) is 13.7. The molecule has 0 aliphatic heterocycles.